The van der Waals surface area contributed by atoms with Gasteiger partial charge in [0.05, 0.1) is 6.61 Å². The Morgan fingerprint density at radius 1 is 1.28 bits per heavy atom. The fourth-order valence-corrected chi connectivity index (χ4v) is 1.35. The van der Waals surface area contributed by atoms with Crippen molar-refractivity contribution in [2.75, 3.05) is 20.3 Å². The lowest BCUT2D eigenvalue weighted by molar-refractivity contribution is 0.0939. The number of methoxy groups -OCH3 is 1. The second kappa shape index (κ2) is 7.71. The molecule has 0 fully saturated rings. The van der Waals surface area contributed by atoms with Crippen molar-refractivity contribution in [3.05, 3.63) is 29.8 Å². The lowest BCUT2D eigenvalue weighted by Gasteiger charge is -2.11. The molecular weight excluding hydrogens is 230 g/mol. The van der Waals surface area contributed by atoms with Crippen LogP contribution in [0.1, 0.15) is 30.6 Å². The van der Waals surface area contributed by atoms with Gasteiger partial charge < -0.3 is 14.8 Å². The standard InChI is InChI=1S/C14H21NO3/c1-4-11(2)15-14(16)12-5-7-13(8-6-12)18-10-9-17-3/h5-8,11H,4,9-10H2,1-3H3,(H,15,16)/t11-/m0/s1. The Labute approximate surface area is 108 Å². The van der Waals surface area contributed by atoms with Gasteiger partial charge in [-0.2, -0.15) is 0 Å². The fourth-order valence-electron chi connectivity index (χ4n) is 1.35. The van der Waals surface area contributed by atoms with Crippen molar-refractivity contribution in [3.8, 4) is 5.75 Å². The van der Waals surface area contributed by atoms with Gasteiger partial charge in [-0.1, -0.05) is 6.92 Å². The predicted octanol–water partition coefficient (Wildman–Crippen LogP) is 2.24. The summed E-state index contributed by atoms with van der Waals surface area (Å²) in [6, 6.07) is 7.30. The van der Waals surface area contributed by atoms with Crippen LogP contribution in [-0.2, 0) is 4.74 Å². The van der Waals surface area contributed by atoms with Crippen LogP contribution in [0.25, 0.3) is 0 Å². The molecule has 0 aliphatic rings. The quantitative estimate of drug-likeness (QED) is 0.756. The summed E-state index contributed by atoms with van der Waals surface area (Å²) in [7, 11) is 1.63. The lowest BCUT2D eigenvalue weighted by atomic mass is 10.2. The van der Waals surface area contributed by atoms with Crippen LogP contribution < -0.4 is 10.1 Å². The fraction of sp³-hybridized carbons (Fsp3) is 0.500. The first-order chi connectivity index (χ1) is 8.67. The minimum atomic E-state index is -0.0483. The van der Waals surface area contributed by atoms with Gasteiger partial charge in [-0.15, -0.1) is 0 Å². The van der Waals surface area contributed by atoms with Gasteiger partial charge in [-0.25, -0.2) is 0 Å². The second-order valence-electron chi connectivity index (χ2n) is 4.15. The van der Waals surface area contributed by atoms with Crippen molar-refractivity contribution in [1.82, 2.24) is 5.32 Å². The van der Waals surface area contributed by atoms with E-state index < -0.39 is 0 Å². The van der Waals surface area contributed by atoms with Gasteiger partial charge in [0.1, 0.15) is 12.4 Å². The van der Waals surface area contributed by atoms with Crippen LogP contribution in [0.3, 0.4) is 0 Å². The number of nitrogens with one attached hydrogen (secondary N) is 1. The van der Waals surface area contributed by atoms with Gasteiger partial charge in [-0.05, 0) is 37.6 Å². The first-order valence-corrected chi connectivity index (χ1v) is 6.20. The van der Waals surface area contributed by atoms with Crippen LogP contribution in [0.2, 0.25) is 0 Å². The van der Waals surface area contributed by atoms with Crippen LogP contribution in [0.5, 0.6) is 5.75 Å². The minimum absolute atomic E-state index is 0.0483. The van der Waals surface area contributed by atoms with Crippen LogP contribution in [-0.4, -0.2) is 32.3 Å². The first kappa shape index (κ1) is 14.5. The van der Waals surface area contributed by atoms with Crippen LogP contribution in [0, 0.1) is 0 Å². The number of carbonyl (C=O) groups excluding carboxylic acids is 1. The summed E-state index contributed by atoms with van der Waals surface area (Å²) in [5.41, 5.74) is 0.648. The highest BCUT2D eigenvalue weighted by molar-refractivity contribution is 5.94. The van der Waals surface area contributed by atoms with Gasteiger partial charge in [-0.3, -0.25) is 4.79 Å². The van der Waals surface area contributed by atoms with Crippen molar-refractivity contribution in [3.63, 3.8) is 0 Å². The Bertz CT molecular complexity index is 362. The molecule has 0 aliphatic heterocycles. The number of amides is 1. The van der Waals surface area contributed by atoms with Crippen molar-refractivity contribution in [1.29, 1.82) is 0 Å². The monoisotopic (exact) mass is 251 g/mol. The molecule has 1 atom stereocenters. The van der Waals surface area contributed by atoms with E-state index in [1.54, 1.807) is 31.4 Å². The highest BCUT2D eigenvalue weighted by atomic mass is 16.5. The largest absolute Gasteiger partial charge is 0.491 e. The zero-order valence-electron chi connectivity index (χ0n) is 11.2. The molecule has 0 aromatic heterocycles. The molecule has 0 spiro atoms. The van der Waals surface area contributed by atoms with E-state index in [2.05, 4.69) is 5.32 Å². The Morgan fingerprint density at radius 3 is 2.50 bits per heavy atom. The maximum Gasteiger partial charge on any atom is 0.251 e. The molecular formula is C14H21NO3. The lowest BCUT2D eigenvalue weighted by Crippen LogP contribution is -2.31. The molecule has 0 aliphatic carbocycles. The Hall–Kier alpha value is -1.55. The zero-order valence-corrected chi connectivity index (χ0v) is 11.2. The Morgan fingerprint density at radius 2 is 1.94 bits per heavy atom. The molecule has 4 heteroatoms. The average Bonchev–Trinajstić information content (AvgIpc) is 2.39. The summed E-state index contributed by atoms with van der Waals surface area (Å²) in [4.78, 5) is 11.8. The van der Waals surface area contributed by atoms with E-state index in [-0.39, 0.29) is 11.9 Å². The molecule has 0 saturated heterocycles. The normalized spacial score (nSPS) is 11.9. The molecule has 0 saturated carbocycles. The number of hydrogen-bond donors (Lipinski definition) is 1. The van der Waals surface area contributed by atoms with E-state index in [0.717, 1.165) is 12.2 Å². The third kappa shape index (κ3) is 4.75. The highest BCUT2D eigenvalue weighted by Crippen LogP contribution is 2.12. The number of benzene rings is 1. The SMILES string of the molecule is CC[C@H](C)NC(=O)c1ccc(OCCOC)cc1. The first-order valence-electron chi connectivity index (χ1n) is 6.20. The maximum absolute atomic E-state index is 11.8. The summed E-state index contributed by atoms with van der Waals surface area (Å²) in [6.45, 7) is 5.09. The Kier molecular flexibility index (Phi) is 6.22. The summed E-state index contributed by atoms with van der Waals surface area (Å²) >= 11 is 0. The smallest absolute Gasteiger partial charge is 0.251 e. The third-order valence-corrected chi connectivity index (χ3v) is 2.66. The Balaban J connectivity index is 2.51. The highest BCUT2D eigenvalue weighted by Gasteiger charge is 2.08. The number of carbonyl (C=O) groups is 1. The molecule has 1 aromatic rings. The van der Waals surface area contributed by atoms with E-state index in [1.165, 1.54) is 0 Å². The molecule has 1 aromatic carbocycles. The summed E-state index contributed by atoms with van der Waals surface area (Å²) in [6.07, 6.45) is 0.921. The number of rotatable bonds is 7. The summed E-state index contributed by atoms with van der Waals surface area (Å²) in [5, 5.41) is 2.92. The number of hydrogen-bond acceptors (Lipinski definition) is 3. The van der Waals surface area contributed by atoms with Crippen LogP contribution in [0.4, 0.5) is 0 Å². The van der Waals surface area contributed by atoms with Gasteiger partial charge >= 0.3 is 0 Å². The van der Waals surface area contributed by atoms with Crippen molar-refractivity contribution in [2.24, 2.45) is 0 Å². The molecule has 0 bridgehead atoms. The summed E-state index contributed by atoms with van der Waals surface area (Å²) in [5.74, 6) is 0.694. The van der Waals surface area contributed by atoms with Gasteiger partial charge in [0.2, 0.25) is 0 Å². The van der Waals surface area contributed by atoms with Gasteiger partial charge in [0.25, 0.3) is 5.91 Å². The van der Waals surface area contributed by atoms with Crippen molar-refractivity contribution < 1.29 is 14.3 Å². The summed E-state index contributed by atoms with van der Waals surface area (Å²) < 4.78 is 10.3. The molecule has 0 heterocycles. The molecule has 18 heavy (non-hydrogen) atoms. The van der Waals surface area contributed by atoms with E-state index in [4.69, 9.17) is 9.47 Å². The topological polar surface area (TPSA) is 47.6 Å². The predicted molar refractivity (Wildman–Crippen MR) is 71.0 cm³/mol. The molecule has 1 N–H and O–H groups in total. The molecule has 0 radical (unpaired) electrons. The molecule has 0 unspecified atom stereocenters. The molecule has 100 valence electrons. The molecule has 1 amide bonds. The van der Waals surface area contributed by atoms with E-state index in [0.29, 0.717) is 18.8 Å². The van der Waals surface area contributed by atoms with Crippen LogP contribution >= 0.6 is 0 Å². The second-order valence-corrected chi connectivity index (χ2v) is 4.15. The third-order valence-electron chi connectivity index (χ3n) is 2.66. The zero-order chi connectivity index (χ0) is 13.4. The van der Waals surface area contributed by atoms with Crippen molar-refractivity contribution in [2.45, 2.75) is 26.3 Å². The maximum atomic E-state index is 11.8. The molecule has 1 rings (SSSR count). The van der Waals surface area contributed by atoms with Crippen LogP contribution in [0.15, 0.2) is 24.3 Å². The van der Waals surface area contributed by atoms with E-state index >= 15 is 0 Å². The van der Waals surface area contributed by atoms with Crippen molar-refractivity contribution >= 4 is 5.91 Å². The number of ether oxygens (including phenoxy) is 2. The minimum Gasteiger partial charge on any atom is -0.491 e. The van der Waals surface area contributed by atoms with Gasteiger partial charge in [0.15, 0.2) is 0 Å². The average molecular weight is 251 g/mol. The molecule has 4 nitrogen and oxygen atoms in total. The van der Waals surface area contributed by atoms with E-state index in [1.807, 2.05) is 13.8 Å². The van der Waals surface area contributed by atoms with E-state index in [9.17, 15) is 4.79 Å². The van der Waals surface area contributed by atoms with Gasteiger partial charge in [0, 0.05) is 18.7 Å².